The molecule has 2 fully saturated rings. The zero-order valence-corrected chi connectivity index (χ0v) is 15.3. The molecule has 1 aromatic carbocycles. The minimum absolute atomic E-state index is 0. The van der Waals surface area contributed by atoms with Crippen molar-refractivity contribution in [2.75, 3.05) is 13.2 Å². The number of hydrogen-bond donors (Lipinski definition) is 1. The first-order chi connectivity index (χ1) is 11.8. The second-order valence-electron chi connectivity index (χ2n) is 6.39. The molecule has 1 saturated carbocycles. The largest absolute Gasteiger partial charge is 0.473 e. The SMILES string of the molecule is Cl.Fc1ccc(CCCOc2nsnc2OC2C3CCC2NC3)cc1. The molecule has 25 heavy (non-hydrogen) atoms. The molecule has 2 aliphatic rings. The molecule has 2 bridgehead atoms. The molecule has 0 radical (unpaired) electrons. The highest BCUT2D eigenvalue weighted by Gasteiger charge is 2.44. The molecule has 1 N–H and O–H groups in total. The third kappa shape index (κ3) is 4.22. The molecule has 0 amide bonds. The van der Waals surface area contributed by atoms with Gasteiger partial charge in [0.25, 0.3) is 11.8 Å². The van der Waals surface area contributed by atoms with Crippen LogP contribution in [-0.4, -0.2) is 34.0 Å². The fourth-order valence-electron chi connectivity index (χ4n) is 3.53. The topological polar surface area (TPSA) is 56.3 Å². The molecule has 5 nitrogen and oxygen atoms in total. The van der Waals surface area contributed by atoms with Crippen molar-refractivity contribution in [1.29, 1.82) is 0 Å². The monoisotopic (exact) mass is 385 g/mol. The standard InChI is InChI=1S/C17H20FN3O2S.ClH/c18-13-6-3-11(4-7-13)2-1-9-22-16-17(21-24-20-16)23-15-12-5-8-14(15)19-10-12;/h3-4,6-7,12,14-15,19H,1-2,5,8-10H2;1H. The predicted octanol–water partition coefficient (Wildman–Crippen LogP) is 3.24. The van der Waals surface area contributed by atoms with E-state index in [1.54, 1.807) is 12.1 Å². The Balaban J connectivity index is 0.00000182. The number of hydrogen-bond acceptors (Lipinski definition) is 6. The van der Waals surface area contributed by atoms with E-state index in [9.17, 15) is 4.39 Å². The third-order valence-electron chi connectivity index (χ3n) is 4.79. The van der Waals surface area contributed by atoms with Gasteiger partial charge in [0.2, 0.25) is 0 Å². The van der Waals surface area contributed by atoms with Crippen molar-refractivity contribution in [3.05, 3.63) is 35.6 Å². The van der Waals surface area contributed by atoms with Crippen molar-refractivity contribution in [3.63, 3.8) is 0 Å². The van der Waals surface area contributed by atoms with E-state index in [0.717, 1.165) is 36.7 Å². The lowest BCUT2D eigenvalue weighted by Gasteiger charge is -2.16. The number of piperidine rings is 1. The van der Waals surface area contributed by atoms with Crippen LogP contribution in [0.15, 0.2) is 24.3 Å². The Bertz CT molecular complexity index is 665. The summed E-state index contributed by atoms with van der Waals surface area (Å²) in [4.78, 5) is 0. The molecule has 0 spiro atoms. The Labute approximate surface area is 156 Å². The molecule has 1 aromatic heterocycles. The quantitative estimate of drug-likeness (QED) is 0.741. The van der Waals surface area contributed by atoms with Crippen LogP contribution in [0.5, 0.6) is 11.8 Å². The van der Waals surface area contributed by atoms with Gasteiger partial charge in [-0.25, -0.2) is 4.39 Å². The average Bonchev–Trinajstić information content (AvgIpc) is 3.31. The number of aryl methyl sites for hydroxylation is 1. The van der Waals surface area contributed by atoms with Gasteiger partial charge in [-0.3, -0.25) is 0 Å². The maximum Gasteiger partial charge on any atom is 0.291 e. The van der Waals surface area contributed by atoms with Crippen LogP contribution >= 0.6 is 24.1 Å². The number of nitrogens with zero attached hydrogens (tertiary/aromatic N) is 2. The molecule has 136 valence electrons. The van der Waals surface area contributed by atoms with Crippen LogP contribution in [0, 0.1) is 11.7 Å². The molecule has 2 aromatic rings. The predicted molar refractivity (Wildman–Crippen MR) is 96.3 cm³/mol. The molecular formula is C17H21ClFN3O2S. The van der Waals surface area contributed by atoms with Gasteiger partial charge in [-0.1, -0.05) is 12.1 Å². The Kier molecular flexibility index (Phi) is 6.09. The van der Waals surface area contributed by atoms with Crippen LogP contribution in [0.1, 0.15) is 24.8 Å². The molecule has 1 saturated heterocycles. The second-order valence-corrected chi connectivity index (χ2v) is 6.92. The Hall–Kier alpha value is -1.44. The van der Waals surface area contributed by atoms with E-state index < -0.39 is 0 Å². The van der Waals surface area contributed by atoms with Gasteiger partial charge in [-0.15, -0.1) is 21.2 Å². The van der Waals surface area contributed by atoms with Gasteiger partial charge in [-0.2, -0.15) is 0 Å². The Morgan fingerprint density at radius 3 is 2.64 bits per heavy atom. The molecule has 2 heterocycles. The van der Waals surface area contributed by atoms with Crippen molar-refractivity contribution < 1.29 is 13.9 Å². The van der Waals surface area contributed by atoms with Gasteiger partial charge in [-0.05, 0) is 43.4 Å². The van der Waals surface area contributed by atoms with Gasteiger partial charge in [0.1, 0.15) is 11.9 Å². The van der Waals surface area contributed by atoms with Gasteiger partial charge in [0, 0.05) is 18.5 Å². The van der Waals surface area contributed by atoms with Gasteiger partial charge >= 0.3 is 0 Å². The lowest BCUT2D eigenvalue weighted by atomic mass is 10.1. The number of fused-ring (bicyclic) bond motifs is 2. The summed E-state index contributed by atoms with van der Waals surface area (Å²) in [5.41, 5.74) is 1.10. The maximum atomic E-state index is 12.9. The third-order valence-corrected chi connectivity index (χ3v) is 5.29. The highest BCUT2D eigenvalue weighted by molar-refractivity contribution is 6.99. The summed E-state index contributed by atoms with van der Waals surface area (Å²) in [7, 11) is 0. The van der Waals surface area contributed by atoms with Gasteiger partial charge < -0.3 is 14.8 Å². The first kappa shape index (κ1) is 18.4. The summed E-state index contributed by atoms with van der Waals surface area (Å²) in [6.07, 6.45) is 4.24. The fourth-order valence-corrected chi connectivity index (χ4v) is 3.97. The molecule has 3 unspecified atom stereocenters. The average molecular weight is 386 g/mol. The summed E-state index contributed by atoms with van der Waals surface area (Å²) in [5, 5.41) is 3.48. The molecular weight excluding hydrogens is 365 g/mol. The Morgan fingerprint density at radius 2 is 1.96 bits per heavy atom. The molecule has 1 aliphatic heterocycles. The van der Waals surface area contributed by atoms with Crippen LogP contribution in [0.4, 0.5) is 4.39 Å². The Morgan fingerprint density at radius 1 is 1.16 bits per heavy atom. The number of benzene rings is 1. The van der Waals surface area contributed by atoms with Crippen molar-refractivity contribution >= 4 is 24.1 Å². The van der Waals surface area contributed by atoms with Crippen molar-refractivity contribution in [1.82, 2.24) is 14.1 Å². The van der Waals surface area contributed by atoms with Crippen LogP contribution in [0.3, 0.4) is 0 Å². The smallest absolute Gasteiger partial charge is 0.291 e. The highest BCUT2D eigenvalue weighted by atomic mass is 35.5. The molecule has 4 rings (SSSR count). The molecule has 3 atom stereocenters. The second kappa shape index (κ2) is 8.29. The van der Waals surface area contributed by atoms with E-state index in [2.05, 4.69) is 14.1 Å². The van der Waals surface area contributed by atoms with Crippen LogP contribution < -0.4 is 14.8 Å². The van der Waals surface area contributed by atoms with E-state index in [4.69, 9.17) is 9.47 Å². The lowest BCUT2D eigenvalue weighted by molar-refractivity contribution is 0.159. The van der Waals surface area contributed by atoms with Crippen LogP contribution in [-0.2, 0) is 6.42 Å². The lowest BCUT2D eigenvalue weighted by Crippen LogP contribution is -2.31. The number of ether oxygens (including phenoxy) is 2. The van der Waals surface area contributed by atoms with Crippen molar-refractivity contribution in [3.8, 4) is 11.8 Å². The maximum absolute atomic E-state index is 12.9. The first-order valence-corrected chi connectivity index (χ1v) is 9.12. The zero-order chi connectivity index (χ0) is 16.4. The van der Waals surface area contributed by atoms with Crippen LogP contribution in [0.25, 0.3) is 0 Å². The van der Waals surface area contributed by atoms with E-state index >= 15 is 0 Å². The molecule has 8 heteroatoms. The summed E-state index contributed by atoms with van der Waals surface area (Å²) in [6.45, 7) is 1.57. The van der Waals surface area contributed by atoms with E-state index in [1.807, 2.05) is 0 Å². The molecule has 1 aliphatic carbocycles. The van der Waals surface area contributed by atoms with Gasteiger partial charge in [0.15, 0.2) is 0 Å². The van der Waals surface area contributed by atoms with E-state index in [-0.39, 0.29) is 24.3 Å². The normalized spacial score (nSPS) is 24.1. The number of nitrogens with one attached hydrogen (secondary N) is 1. The zero-order valence-electron chi connectivity index (χ0n) is 13.7. The van der Waals surface area contributed by atoms with Crippen LogP contribution in [0.2, 0.25) is 0 Å². The minimum Gasteiger partial charge on any atom is -0.473 e. The van der Waals surface area contributed by atoms with Gasteiger partial charge in [0.05, 0.1) is 18.3 Å². The first-order valence-electron chi connectivity index (χ1n) is 8.39. The number of aromatic nitrogens is 2. The minimum atomic E-state index is -0.208. The number of halogens is 2. The van der Waals surface area contributed by atoms with Crippen molar-refractivity contribution in [2.24, 2.45) is 5.92 Å². The highest BCUT2D eigenvalue weighted by Crippen LogP contribution is 2.36. The number of rotatable bonds is 7. The van der Waals surface area contributed by atoms with E-state index in [0.29, 0.717) is 30.3 Å². The summed E-state index contributed by atoms with van der Waals surface area (Å²) in [6, 6.07) is 7.00. The summed E-state index contributed by atoms with van der Waals surface area (Å²) in [5.74, 6) is 1.38. The fraction of sp³-hybridized carbons (Fsp3) is 0.529. The van der Waals surface area contributed by atoms with E-state index in [1.165, 1.54) is 25.0 Å². The van der Waals surface area contributed by atoms with Crippen molar-refractivity contribution in [2.45, 2.75) is 37.8 Å². The summed E-state index contributed by atoms with van der Waals surface area (Å²) < 4.78 is 33.1. The summed E-state index contributed by atoms with van der Waals surface area (Å²) >= 11 is 1.12.